The van der Waals surface area contributed by atoms with E-state index in [1.54, 1.807) is 0 Å². The Morgan fingerprint density at radius 1 is 1.36 bits per heavy atom. The first kappa shape index (κ1) is 13.1. The molecule has 1 aliphatic carbocycles. The number of hydrogen-bond donors (Lipinski definition) is 1. The van der Waals surface area contributed by atoms with Gasteiger partial charge in [-0.25, -0.2) is 4.98 Å². The van der Waals surface area contributed by atoms with E-state index in [0.29, 0.717) is 12.6 Å². The Labute approximate surface area is 128 Å². The summed E-state index contributed by atoms with van der Waals surface area (Å²) < 4.78 is 4.19. The largest absolute Gasteiger partial charge is 0.351 e. The molecule has 0 bridgehead atoms. The molecule has 1 saturated carbocycles. The Morgan fingerprint density at radius 2 is 2.23 bits per heavy atom. The number of carbonyl (C=O) groups excluding carboxylic acids is 1. The number of aromatic nitrogens is 3. The molecule has 0 radical (unpaired) electrons. The fourth-order valence-corrected chi connectivity index (χ4v) is 2.92. The maximum atomic E-state index is 12.5. The maximum Gasteiger partial charge on any atom is 0.252 e. The standard InChI is InChI=1S/C17H18N4O/c1-20-8-7-14-15(3-2-4-16(14)20)17(22)19-10-13-9-18-11-21(13)12-5-6-12/h2-4,7-9,11-12H,5-6,10H2,1H3,(H,19,22). The molecule has 1 fully saturated rings. The fourth-order valence-electron chi connectivity index (χ4n) is 2.92. The lowest BCUT2D eigenvalue weighted by Crippen LogP contribution is -2.24. The second-order valence-corrected chi connectivity index (χ2v) is 5.87. The zero-order valence-corrected chi connectivity index (χ0v) is 12.5. The maximum absolute atomic E-state index is 12.5. The van der Waals surface area contributed by atoms with Gasteiger partial charge in [-0.05, 0) is 31.0 Å². The van der Waals surface area contributed by atoms with Crippen molar-refractivity contribution in [3.05, 3.63) is 54.2 Å². The summed E-state index contributed by atoms with van der Waals surface area (Å²) in [6, 6.07) is 8.38. The quantitative estimate of drug-likeness (QED) is 0.804. The van der Waals surface area contributed by atoms with Crippen LogP contribution in [0.5, 0.6) is 0 Å². The third-order valence-electron chi connectivity index (χ3n) is 4.29. The van der Waals surface area contributed by atoms with Crippen molar-refractivity contribution < 1.29 is 4.79 Å². The summed E-state index contributed by atoms with van der Waals surface area (Å²) in [4.78, 5) is 16.7. The SMILES string of the molecule is Cn1ccc2c(C(=O)NCc3cncn3C3CC3)cccc21. The number of amides is 1. The van der Waals surface area contributed by atoms with Crippen molar-refractivity contribution in [1.29, 1.82) is 0 Å². The number of imidazole rings is 1. The molecule has 0 saturated heterocycles. The molecule has 0 atom stereocenters. The molecule has 2 heterocycles. The highest BCUT2D eigenvalue weighted by atomic mass is 16.1. The summed E-state index contributed by atoms with van der Waals surface area (Å²) in [5, 5.41) is 4.00. The number of rotatable bonds is 4. The van der Waals surface area contributed by atoms with E-state index in [2.05, 4.69) is 14.9 Å². The molecule has 4 rings (SSSR count). The second-order valence-electron chi connectivity index (χ2n) is 5.87. The van der Waals surface area contributed by atoms with E-state index < -0.39 is 0 Å². The molecule has 0 unspecified atom stereocenters. The topological polar surface area (TPSA) is 51.9 Å². The van der Waals surface area contributed by atoms with Crippen molar-refractivity contribution in [2.24, 2.45) is 7.05 Å². The van der Waals surface area contributed by atoms with Gasteiger partial charge in [0.25, 0.3) is 5.91 Å². The molecule has 1 aliphatic rings. The van der Waals surface area contributed by atoms with Crippen LogP contribution in [0.1, 0.15) is 34.9 Å². The van der Waals surface area contributed by atoms with Crippen molar-refractivity contribution in [2.75, 3.05) is 0 Å². The van der Waals surface area contributed by atoms with Crippen LogP contribution in [0.2, 0.25) is 0 Å². The average molecular weight is 294 g/mol. The van der Waals surface area contributed by atoms with Crippen molar-refractivity contribution in [3.8, 4) is 0 Å². The molecule has 112 valence electrons. The summed E-state index contributed by atoms with van der Waals surface area (Å²) >= 11 is 0. The Kier molecular flexibility index (Phi) is 2.99. The van der Waals surface area contributed by atoms with Crippen LogP contribution in [0.25, 0.3) is 10.9 Å². The van der Waals surface area contributed by atoms with E-state index in [9.17, 15) is 4.79 Å². The van der Waals surface area contributed by atoms with Gasteiger partial charge in [0.15, 0.2) is 0 Å². The molecule has 0 aliphatic heterocycles. The zero-order chi connectivity index (χ0) is 15.1. The van der Waals surface area contributed by atoms with Gasteiger partial charge in [0.05, 0.1) is 18.6 Å². The lowest BCUT2D eigenvalue weighted by Gasteiger charge is -2.09. The van der Waals surface area contributed by atoms with E-state index in [-0.39, 0.29) is 5.91 Å². The lowest BCUT2D eigenvalue weighted by atomic mass is 10.1. The molecule has 5 heteroatoms. The smallest absolute Gasteiger partial charge is 0.252 e. The Balaban J connectivity index is 1.55. The summed E-state index contributed by atoms with van der Waals surface area (Å²) in [5.74, 6) is -0.0413. The summed E-state index contributed by atoms with van der Waals surface area (Å²) in [5.41, 5.74) is 2.85. The summed E-state index contributed by atoms with van der Waals surface area (Å²) in [7, 11) is 1.98. The van der Waals surface area contributed by atoms with E-state index in [1.165, 1.54) is 12.8 Å². The van der Waals surface area contributed by atoms with Gasteiger partial charge >= 0.3 is 0 Å². The van der Waals surface area contributed by atoms with Gasteiger partial charge in [0, 0.05) is 41.9 Å². The highest BCUT2D eigenvalue weighted by Gasteiger charge is 2.25. The van der Waals surface area contributed by atoms with Crippen molar-refractivity contribution in [1.82, 2.24) is 19.4 Å². The van der Waals surface area contributed by atoms with Crippen LogP contribution >= 0.6 is 0 Å². The summed E-state index contributed by atoms with van der Waals surface area (Å²) in [6.07, 6.45) is 8.09. The van der Waals surface area contributed by atoms with Gasteiger partial charge in [0.2, 0.25) is 0 Å². The number of nitrogens with one attached hydrogen (secondary N) is 1. The van der Waals surface area contributed by atoms with Crippen molar-refractivity contribution >= 4 is 16.8 Å². The molecular weight excluding hydrogens is 276 g/mol. The van der Waals surface area contributed by atoms with Crippen LogP contribution in [0.4, 0.5) is 0 Å². The van der Waals surface area contributed by atoms with Gasteiger partial charge in [-0.2, -0.15) is 0 Å². The third-order valence-corrected chi connectivity index (χ3v) is 4.29. The highest BCUT2D eigenvalue weighted by molar-refractivity contribution is 6.06. The van der Waals surface area contributed by atoms with Crippen LogP contribution in [-0.4, -0.2) is 20.0 Å². The van der Waals surface area contributed by atoms with E-state index >= 15 is 0 Å². The van der Waals surface area contributed by atoms with E-state index in [4.69, 9.17) is 0 Å². The molecule has 22 heavy (non-hydrogen) atoms. The van der Waals surface area contributed by atoms with E-state index in [0.717, 1.165) is 22.2 Å². The van der Waals surface area contributed by atoms with Gasteiger partial charge in [-0.15, -0.1) is 0 Å². The Hall–Kier alpha value is -2.56. The molecule has 1 amide bonds. The zero-order valence-electron chi connectivity index (χ0n) is 12.5. The first-order chi connectivity index (χ1) is 10.7. The second kappa shape index (κ2) is 5.02. The predicted octanol–water partition coefficient (Wildman–Crippen LogP) is 2.64. The van der Waals surface area contributed by atoms with Crippen LogP contribution in [0, 0.1) is 0 Å². The van der Waals surface area contributed by atoms with Crippen LogP contribution in [0.3, 0.4) is 0 Å². The number of carbonyl (C=O) groups is 1. The monoisotopic (exact) mass is 294 g/mol. The minimum absolute atomic E-state index is 0.0413. The molecule has 3 aromatic rings. The number of aryl methyl sites for hydroxylation is 1. The third kappa shape index (κ3) is 2.19. The van der Waals surface area contributed by atoms with Crippen LogP contribution < -0.4 is 5.32 Å². The van der Waals surface area contributed by atoms with Gasteiger partial charge in [-0.3, -0.25) is 4.79 Å². The molecule has 2 aromatic heterocycles. The van der Waals surface area contributed by atoms with Gasteiger partial charge < -0.3 is 14.5 Å². The number of benzene rings is 1. The number of fused-ring (bicyclic) bond motifs is 1. The molecule has 1 aromatic carbocycles. The first-order valence-electron chi connectivity index (χ1n) is 7.57. The van der Waals surface area contributed by atoms with Gasteiger partial charge in [0.1, 0.15) is 0 Å². The van der Waals surface area contributed by atoms with Crippen LogP contribution in [0.15, 0.2) is 43.0 Å². The van der Waals surface area contributed by atoms with Crippen LogP contribution in [-0.2, 0) is 13.6 Å². The first-order valence-corrected chi connectivity index (χ1v) is 7.57. The predicted molar refractivity (Wildman–Crippen MR) is 84.6 cm³/mol. The fraction of sp³-hybridized carbons (Fsp3) is 0.294. The highest BCUT2D eigenvalue weighted by Crippen LogP contribution is 2.35. The van der Waals surface area contributed by atoms with Crippen molar-refractivity contribution in [3.63, 3.8) is 0 Å². The average Bonchev–Trinajstić information content (AvgIpc) is 3.15. The minimum atomic E-state index is -0.0413. The van der Waals surface area contributed by atoms with E-state index in [1.807, 2.05) is 54.6 Å². The minimum Gasteiger partial charge on any atom is -0.351 e. The van der Waals surface area contributed by atoms with Gasteiger partial charge in [-0.1, -0.05) is 6.07 Å². The normalized spacial score (nSPS) is 14.4. The molecular formula is C17H18N4O. The summed E-state index contributed by atoms with van der Waals surface area (Å²) in [6.45, 7) is 0.512. The Morgan fingerprint density at radius 3 is 3.05 bits per heavy atom. The lowest BCUT2D eigenvalue weighted by molar-refractivity contribution is 0.0951. The van der Waals surface area contributed by atoms with Crippen molar-refractivity contribution in [2.45, 2.75) is 25.4 Å². The molecule has 0 spiro atoms. The number of hydrogen-bond acceptors (Lipinski definition) is 2. The molecule has 5 nitrogen and oxygen atoms in total. The number of nitrogens with zero attached hydrogens (tertiary/aromatic N) is 3. The Bertz CT molecular complexity index is 841. The molecule has 1 N–H and O–H groups in total.